The van der Waals surface area contributed by atoms with Crippen LogP contribution in [0.3, 0.4) is 0 Å². The molecule has 1 aromatic heterocycles. The summed E-state index contributed by atoms with van der Waals surface area (Å²) in [6.45, 7) is 4.31. The van der Waals surface area contributed by atoms with Crippen molar-refractivity contribution in [2.75, 3.05) is 33.4 Å². The van der Waals surface area contributed by atoms with Crippen LogP contribution in [0.2, 0.25) is 0 Å². The van der Waals surface area contributed by atoms with Gasteiger partial charge in [0.2, 0.25) is 0 Å². The molecule has 2 saturated heterocycles. The van der Waals surface area contributed by atoms with Crippen molar-refractivity contribution in [2.24, 2.45) is 5.92 Å². The van der Waals surface area contributed by atoms with Crippen LogP contribution in [-0.2, 0) is 11.3 Å². The molecule has 25 heavy (non-hydrogen) atoms. The fourth-order valence-electron chi connectivity index (χ4n) is 3.90. The van der Waals surface area contributed by atoms with Crippen molar-refractivity contribution >= 4 is 0 Å². The zero-order valence-electron chi connectivity index (χ0n) is 14.6. The van der Waals surface area contributed by atoms with Gasteiger partial charge in [-0.25, -0.2) is 0 Å². The molecule has 0 bridgehead atoms. The molecule has 4 rings (SSSR count). The summed E-state index contributed by atoms with van der Waals surface area (Å²) in [5.74, 6) is 2.21. The van der Waals surface area contributed by atoms with Gasteiger partial charge in [-0.15, -0.1) is 0 Å². The van der Waals surface area contributed by atoms with E-state index in [0.717, 1.165) is 44.2 Å². The number of ether oxygens (including phenoxy) is 3. The first-order chi connectivity index (χ1) is 12.3. The van der Waals surface area contributed by atoms with Gasteiger partial charge < -0.3 is 14.2 Å². The zero-order valence-corrected chi connectivity index (χ0v) is 14.6. The maximum absolute atomic E-state index is 6.13. The van der Waals surface area contributed by atoms with Gasteiger partial charge >= 0.3 is 0 Å². The molecule has 3 heterocycles. The van der Waals surface area contributed by atoms with Crippen molar-refractivity contribution in [3.8, 4) is 11.5 Å². The minimum atomic E-state index is -0.0514. The van der Waals surface area contributed by atoms with Gasteiger partial charge in [0.05, 0.1) is 25.5 Å². The van der Waals surface area contributed by atoms with E-state index in [2.05, 4.69) is 22.0 Å². The van der Waals surface area contributed by atoms with E-state index in [0.29, 0.717) is 12.5 Å². The third kappa shape index (κ3) is 3.34. The number of nitrogens with zero attached hydrogens (tertiary/aromatic N) is 2. The summed E-state index contributed by atoms with van der Waals surface area (Å²) >= 11 is 0. The van der Waals surface area contributed by atoms with Gasteiger partial charge in [-0.2, -0.15) is 0 Å². The molecule has 2 aliphatic heterocycles. The molecule has 2 aromatic rings. The summed E-state index contributed by atoms with van der Waals surface area (Å²) < 4.78 is 17.5. The molecule has 5 heteroatoms. The van der Waals surface area contributed by atoms with E-state index in [9.17, 15) is 0 Å². The lowest BCUT2D eigenvalue weighted by molar-refractivity contribution is -0.140. The predicted molar refractivity (Wildman–Crippen MR) is 94.8 cm³/mol. The van der Waals surface area contributed by atoms with Crippen molar-refractivity contribution < 1.29 is 14.2 Å². The van der Waals surface area contributed by atoms with Gasteiger partial charge in [-0.3, -0.25) is 9.88 Å². The lowest BCUT2D eigenvalue weighted by Crippen LogP contribution is -2.64. The Labute approximate surface area is 148 Å². The number of hydrogen-bond donors (Lipinski definition) is 0. The maximum atomic E-state index is 6.13. The monoisotopic (exact) mass is 340 g/mol. The topological polar surface area (TPSA) is 43.8 Å². The number of hydrogen-bond acceptors (Lipinski definition) is 5. The van der Waals surface area contributed by atoms with Crippen LogP contribution in [0, 0.1) is 5.92 Å². The Morgan fingerprint density at radius 3 is 2.92 bits per heavy atom. The highest BCUT2D eigenvalue weighted by Gasteiger charge is 2.53. The highest BCUT2D eigenvalue weighted by molar-refractivity contribution is 5.33. The molecule has 0 saturated carbocycles. The van der Waals surface area contributed by atoms with E-state index < -0.39 is 0 Å². The molecule has 1 aromatic carbocycles. The van der Waals surface area contributed by atoms with Gasteiger partial charge in [0.15, 0.2) is 0 Å². The third-order valence-electron chi connectivity index (χ3n) is 5.25. The van der Waals surface area contributed by atoms with Crippen molar-refractivity contribution in [1.82, 2.24) is 9.88 Å². The average Bonchev–Trinajstić information content (AvgIpc) is 3.05. The Hall–Kier alpha value is -2.11. The standard InChI is InChI=1S/C20H24N2O3/c1-23-19-7-3-2-5-16(19)12-22-14-20(15-22)17(8-10-25-20)13-24-18-6-4-9-21-11-18/h2-7,9,11,17H,8,10,12-15H2,1H3/t17-/m1/s1. The Morgan fingerprint density at radius 2 is 2.12 bits per heavy atom. The molecule has 0 amide bonds. The highest BCUT2D eigenvalue weighted by Crippen LogP contribution is 2.41. The van der Waals surface area contributed by atoms with Crippen LogP contribution in [0.5, 0.6) is 11.5 Å². The predicted octanol–water partition coefficient (Wildman–Crippen LogP) is 2.76. The quantitative estimate of drug-likeness (QED) is 0.809. The minimum absolute atomic E-state index is 0.0514. The molecule has 2 aliphatic rings. The molecule has 5 nitrogen and oxygen atoms in total. The molecule has 2 fully saturated rings. The number of pyridine rings is 1. The number of rotatable bonds is 6. The normalized spacial score (nSPS) is 21.9. The molecule has 1 spiro atoms. The second kappa shape index (κ2) is 7.02. The van der Waals surface area contributed by atoms with Crippen LogP contribution in [0.25, 0.3) is 0 Å². The van der Waals surface area contributed by atoms with Crippen LogP contribution >= 0.6 is 0 Å². The third-order valence-corrected chi connectivity index (χ3v) is 5.25. The molecule has 1 atom stereocenters. The molecular formula is C20H24N2O3. The van der Waals surface area contributed by atoms with Crippen molar-refractivity contribution in [3.05, 3.63) is 54.4 Å². The fourth-order valence-corrected chi connectivity index (χ4v) is 3.90. The molecule has 0 unspecified atom stereocenters. The number of aromatic nitrogens is 1. The molecular weight excluding hydrogens is 316 g/mol. The van der Waals surface area contributed by atoms with E-state index >= 15 is 0 Å². The van der Waals surface area contributed by atoms with E-state index in [1.165, 1.54) is 5.56 Å². The summed E-state index contributed by atoms with van der Waals surface area (Å²) in [6, 6.07) is 12.1. The summed E-state index contributed by atoms with van der Waals surface area (Å²) in [7, 11) is 1.72. The van der Waals surface area contributed by atoms with Gasteiger partial charge in [0.1, 0.15) is 11.5 Å². The van der Waals surface area contributed by atoms with Crippen LogP contribution < -0.4 is 9.47 Å². The van der Waals surface area contributed by atoms with Crippen molar-refractivity contribution in [3.63, 3.8) is 0 Å². The van der Waals surface area contributed by atoms with Crippen molar-refractivity contribution in [1.29, 1.82) is 0 Å². The minimum Gasteiger partial charge on any atom is -0.496 e. The average molecular weight is 340 g/mol. The first-order valence-electron chi connectivity index (χ1n) is 8.80. The molecule has 132 valence electrons. The largest absolute Gasteiger partial charge is 0.496 e. The SMILES string of the molecule is COc1ccccc1CN1CC2(C1)OCC[C@@H]2COc1cccnc1. The Kier molecular flexibility index (Phi) is 4.59. The van der Waals surface area contributed by atoms with Gasteiger partial charge in [-0.1, -0.05) is 18.2 Å². The van der Waals surface area contributed by atoms with Crippen LogP contribution in [0.15, 0.2) is 48.8 Å². The lowest BCUT2D eigenvalue weighted by Gasteiger charge is -2.50. The van der Waals surface area contributed by atoms with Gasteiger partial charge in [0, 0.05) is 43.9 Å². The Bertz CT molecular complexity index is 701. The fraction of sp³-hybridized carbons (Fsp3) is 0.450. The number of likely N-dealkylation sites (tertiary alicyclic amines) is 1. The summed E-state index contributed by atoms with van der Waals surface area (Å²) in [5.41, 5.74) is 1.17. The summed E-state index contributed by atoms with van der Waals surface area (Å²) in [5, 5.41) is 0. The van der Waals surface area contributed by atoms with E-state index in [1.54, 1.807) is 19.5 Å². The van der Waals surface area contributed by atoms with Gasteiger partial charge in [-0.05, 0) is 24.6 Å². The Balaban J connectivity index is 1.34. The maximum Gasteiger partial charge on any atom is 0.137 e. The molecule has 0 radical (unpaired) electrons. The highest BCUT2D eigenvalue weighted by atomic mass is 16.5. The number of para-hydroxylation sites is 1. The van der Waals surface area contributed by atoms with Crippen LogP contribution in [-0.4, -0.2) is 48.9 Å². The second-order valence-electron chi connectivity index (χ2n) is 6.86. The van der Waals surface area contributed by atoms with Crippen molar-refractivity contribution in [2.45, 2.75) is 18.6 Å². The number of benzene rings is 1. The molecule has 0 N–H and O–H groups in total. The second-order valence-corrected chi connectivity index (χ2v) is 6.86. The number of methoxy groups -OCH3 is 1. The first-order valence-corrected chi connectivity index (χ1v) is 8.80. The zero-order chi connectivity index (χ0) is 17.1. The van der Waals surface area contributed by atoms with Gasteiger partial charge in [0.25, 0.3) is 0 Å². The Morgan fingerprint density at radius 1 is 1.24 bits per heavy atom. The van der Waals surface area contributed by atoms with E-state index in [-0.39, 0.29) is 5.60 Å². The van der Waals surface area contributed by atoms with E-state index in [4.69, 9.17) is 14.2 Å². The smallest absolute Gasteiger partial charge is 0.137 e. The van der Waals surface area contributed by atoms with Crippen LogP contribution in [0.4, 0.5) is 0 Å². The summed E-state index contributed by atoms with van der Waals surface area (Å²) in [6.07, 6.45) is 4.58. The summed E-state index contributed by atoms with van der Waals surface area (Å²) in [4.78, 5) is 6.52. The molecule has 0 aliphatic carbocycles. The van der Waals surface area contributed by atoms with E-state index in [1.807, 2.05) is 24.3 Å². The first kappa shape index (κ1) is 16.4. The van der Waals surface area contributed by atoms with Crippen LogP contribution in [0.1, 0.15) is 12.0 Å². The lowest BCUT2D eigenvalue weighted by atomic mass is 9.81.